The van der Waals surface area contributed by atoms with Crippen molar-refractivity contribution in [3.8, 4) is 0 Å². The summed E-state index contributed by atoms with van der Waals surface area (Å²) in [5.74, 6) is -0.390. The van der Waals surface area contributed by atoms with Crippen LogP contribution in [0, 0.1) is 0 Å². The number of pyridine rings is 1. The number of amides is 2. The lowest BCUT2D eigenvalue weighted by molar-refractivity contribution is -0.132. The zero-order chi connectivity index (χ0) is 16.1. The number of nitrogens with zero attached hydrogens (tertiary/aromatic N) is 2. The first-order chi connectivity index (χ1) is 10.5. The van der Waals surface area contributed by atoms with Crippen LogP contribution in [0.25, 0.3) is 0 Å². The van der Waals surface area contributed by atoms with Crippen molar-refractivity contribution in [1.82, 2.24) is 15.2 Å². The van der Waals surface area contributed by atoms with Gasteiger partial charge in [-0.25, -0.2) is 0 Å². The molecule has 2 aromatic rings. The highest BCUT2D eigenvalue weighted by Crippen LogP contribution is 2.21. The van der Waals surface area contributed by atoms with Gasteiger partial charge in [0.1, 0.15) is 6.04 Å². The van der Waals surface area contributed by atoms with Gasteiger partial charge in [0.15, 0.2) is 0 Å². The van der Waals surface area contributed by atoms with Crippen molar-refractivity contribution in [2.24, 2.45) is 0 Å². The van der Waals surface area contributed by atoms with Gasteiger partial charge in [0, 0.05) is 26.0 Å². The minimum absolute atomic E-state index is 0.146. The normalized spacial score (nSPS) is 11.8. The Bertz CT molecular complexity index is 660. The average Bonchev–Trinajstić information content (AvgIpc) is 2.94. The van der Waals surface area contributed by atoms with Crippen molar-refractivity contribution in [2.45, 2.75) is 19.5 Å². The molecule has 22 heavy (non-hydrogen) atoms. The molecule has 2 amide bonds. The summed E-state index contributed by atoms with van der Waals surface area (Å²) in [6, 6.07) is 6.67. The van der Waals surface area contributed by atoms with Gasteiger partial charge >= 0.3 is 0 Å². The van der Waals surface area contributed by atoms with E-state index in [2.05, 4.69) is 26.2 Å². The van der Waals surface area contributed by atoms with Gasteiger partial charge in [0.2, 0.25) is 5.91 Å². The second kappa shape index (κ2) is 7.51. The van der Waals surface area contributed by atoms with Gasteiger partial charge in [-0.1, -0.05) is 6.07 Å². The Morgan fingerprint density at radius 3 is 2.77 bits per heavy atom. The lowest BCUT2D eigenvalue weighted by Gasteiger charge is -2.22. The molecule has 1 atom stereocenters. The van der Waals surface area contributed by atoms with Gasteiger partial charge in [0.25, 0.3) is 5.91 Å². The van der Waals surface area contributed by atoms with E-state index in [1.807, 2.05) is 12.1 Å². The molecule has 0 bridgehead atoms. The van der Waals surface area contributed by atoms with E-state index in [4.69, 9.17) is 0 Å². The smallest absolute Gasteiger partial charge is 0.262 e. The van der Waals surface area contributed by atoms with Crippen molar-refractivity contribution in [3.05, 3.63) is 50.9 Å². The van der Waals surface area contributed by atoms with Gasteiger partial charge in [-0.15, -0.1) is 11.3 Å². The van der Waals surface area contributed by atoms with Crippen LogP contribution in [0.5, 0.6) is 0 Å². The molecule has 116 valence electrons. The summed E-state index contributed by atoms with van der Waals surface area (Å²) in [5, 5.41) is 2.72. The molecule has 0 saturated carbocycles. The standard InChI is InChI=1S/C15H16BrN3O2S/c1-10(18-14(20)12-5-6-13(16)22-12)15(21)19(2)9-11-4-3-7-17-8-11/h3-8,10H,9H2,1-2H3,(H,18,20). The van der Waals surface area contributed by atoms with Crippen LogP contribution in [-0.4, -0.2) is 34.8 Å². The van der Waals surface area contributed by atoms with Crippen LogP contribution in [-0.2, 0) is 11.3 Å². The van der Waals surface area contributed by atoms with E-state index in [-0.39, 0.29) is 11.8 Å². The van der Waals surface area contributed by atoms with Crippen LogP contribution in [0.2, 0.25) is 0 Å². The summed E-state index contributed by atoms with van der Waals surface area (Å²) in [4.78, 5) is 30.5. The van der Waals surface area contributed by atoms with E-state index < -0.39 is 6.04 Å². The van der Waals surface area contributed by atoms with Gasteiger partial charge in [-0.2, -0.15) is 0 Å². The summed E-state index contributed by atoms with van der Waals surface area (Å²) < 4.78 is 0.880. The quantitative estimate of drug-likeness (QED) is 0.865. The van der Waals surface area contributed by atoms with Crippen molar-refractivity contribution < 1.29 is 9.59 Å². The highest BCUT2D eigenvalue weighted by Gasteiger charge is 2.20. The summed E-state index contributed by atoms with van der Waals surface area (Å²) >= 11 is 4.65. The summed E-state index contributed by atoms with van der Waals surface area (Å²) in [7, 11) is 1.71. The molecule has 2 aromatic heterocycles. The van der Waals surface area contributed by atoms with Crippen LogP contribution < -0.4 is 5.32 Å². The Morgan fingerprint density at radius 2 is 2.18 bits per heavy atom. The maximum atomic E-state index is 12.3. The second-order valence-corrected chi connectivity index (χ2v) is 7.32. The first-order valence-corrected chi connectivity index (χ1v) is 8.28. The number of nitrogens with one attached hydrogen (secondary N) is 1. The number of carbonyl (C=O) groups is 2. The Morgan fingerprint density at radius 1 is 1.41 bits per heavy atom. The summed E-state index contributed by atoms with van der Waals surface area (Å²) in [6.07, 6.45) is 3.41. The number of likely N-dealkylation sites (N-methyl/N-ethyl adjacent to an activating group) is 1. The molecule has 0 spiro atoms. The van der Waals surface area contributed by atoms with Gasteiger partial charge < -0.3 is 10.2 Å². The number of thiophene rings is 1. The zero-order valence-corrected chi connectivity index (χ0v) is 14.6. The molecule has 0 aliphatic heterocycles. The summed E-state index contributed by atoms with van der Waals surface area (Å²) in [5.41, 5.74) is 0.944. The Balaban J connectivity index is 1.92. The monoisotopic (exact) mass is 381 g/mol. The van der Waals surface area contributed by atoms with E-state index in [0.717, 1.165) is 9.35 Å². The second-order valence-electron chi connectivity index (χ2n) is 4.85. The minimum atomic E-state index is -0.588. The Kier molecular flexibility index (Phi) is 5.68. The molecular formula is C15H16BrN3O2S. The fourth-order valence-corrected chi connectivity index (χ4v) is 3.23. The fourth-order valence-electron chi connectivity index (χ4n) is 1.94. The molecule has 0 fully saturated rings. The first-order valence-electron chi connectivity index (χ1n) is 6.67. The topological polar surface area (TPSA) is 62.3 Å². The number of halogens is 1. The van der Waals surface area contributed by atoms with Gasteiger partial charge in [-0.3, -0.25) is 14.6 Å². The highest BCUT2D eigenvalue weighted by atomic mass is 79.9. The van der Waals surface area contributed by atoms with E-state index in [0.29, 0.717) is 11.4 Å². The van der Waals surface area contributed by atoms with Gasteiger partial charge in [-0.05, 0) is 46.6 Å². The van der Waals surface area contributed by atoms with Crippen molar-refractivity contribution in [3.63, 3.8) is 0 Å². The maximum Gasteiger partial charge on any atom is 0.262 e. The SMILES string of the molecule is CC(NC(=O)c1ccc(Br)s1)C(=O)N(C)Cc1cccnc1. The predicted molar refractivity (Wildman–Crippen MR) is 89.7 cm³/mol. The number of aromatic nitrogens is 1. The van der Waals surface area contributed by atoms with E-state index >= 15 is 0 Å². The molecule has 2 heterocycles. The minimum Gasteiger partial charge on any atom is -0.340 e. The molecule has 0 radical (unpaired) electrons. The van der Waals surface area contributed by atoms with Crippen LogP contribution in [0.3, 0.4) is 0 Å². The lowest BCUT2D eigenvalue weighted by Crippen LogP contribution is -2.45. The number of carbonyl (C=O) groups excluding carboxylic acids is 2. The highest BCUT2D eigenvalue weighted by molar-refractivity contribution is 9.11. The molecule has 5 nitrogen and oxygen atoms in total. The lowest BCUT2D eigenvalue weighted by atomic mass is 10.2. The van der Waals surface area contributed by atoms with Crippen LogP contribution in [0.4, 0.5) is 0 Å². The fraction of sp³-hybridized carbons (Fsp3) is 0.267. The van der Waals surface area contributed by atoms with E-state index in [1.54, 1.807) is 43.4 Å². The average molecular weight is 382 g/mol. The third-order valence-corrected chi connectivity index (χ3v) is 4.66. The number of hydrogen-bond acceptors (Lipinski definition) is 4. The first kappa shape index (κ1) is 16.6. The maximum absolute atomic E-state index is 12.3. The summed E-state index contributed by atoms with van der Waals surface area (Å²) in [6.45, 7) is 2.14. The molecular weight excluding hydrogens is 366 g/mol. The molecule has 2 rings (SSSR count). The Labute approximate surface area is 141 Å². The zero-order valence-electron chi connectivity index (χ0n) is 12.2. The van der Waals surface area contributed by atoms with Gasteiger partial charge in [0.05, 0.1) is 8.66 Å². The van der Waals surface area contributed by atoms with E-state index in [1.165, 1.54) is 11.3 Å². The van der Waals surface area contributed by atoms with Crippen LogP contribution in [0.1, 0.15) is 22.2 Å². The largest absolute Gasteiger partial charge is 0.340 e. The van der Waals surface area contributed by atoms with Crippen molar-refractivity contribution in [1.29, 1.82) is 0 Å². The predicted octanol–water partition coefficient (Wildman–Crippen LogP) is 2.68. The molecule has 0 aliphatic rings. The van der Waals surface area contributed by atoms with E-state index in [9.17, 15) is 9.59 Å². The van der Waals surface area contributed by atoms with Crippen molar-refractivity contribution >= 4 is 39.1 Å². The molecule has 0 aliphatic carbocycles. The Hall–Kier alpha value is -1.73. The van der Waals surface area contributed by atoms with Crippen molar-refractivity contribution in [2.75, 3.05) is 7.05 Å². The molecule has 0 saturated heterocycles. The molecule has 0 aromatic carbocycles. The van der Waals surface area contributed by atoms with Crippen LogP contribution in [0.15, 0.2) is 40.4 Å². The number of rotatable bonds is 5. The molecule has 1 N–H and O–H groups in total. The third kappa shape index (κ3) is 4.38. The third-order valence-electron chi connectivity index (χ3n) is 3.03. The van der Waals surface area contributed by atoms with Crippen LogP contribution >= 0.6 is 27.3 Å². The number of hydrogen-bond donors (Lipinski definition) is 1. The molecule has 1 unspecified atom stereocenters. The molecule has 7 heteroatoms.